The molecule has 2 heterocycles. The smallest absolute Gasteiger partial charge is 0.310 e. The number of hydrogen-bond acceptors (Lipinski definition) is 5. The molecule has 0 aliphatic carbocycles. The van der Waals surface area contributed by atoms with Crippen LogP contribution in [0.3, 0.4) is 0 Å². The third-order valence-corrected chi connectivity index (χ3v) is 5.51. The maximum absolute atomic E-state index is 12.2. The molecule has 2 aliphatic heterocycles. The molecule has 2 aromatic rings. The van der Waals surface area contributed by atoms with Crippen molar-refractivity contribution in [2.75, 3.05) is 24.7 Å². The topological polar surface area (TPSA) is 65.1 Å². The van der Waals surface area contributed by atoms with E-state index in [4.69, 9.17) is 14.2 Å². The first-order chi connectivity index (χ1) is 13.6. The van der Waals surface area contributed by atoms with Crippen molar-refractivity contribution in [1.82, 2.24) is 0 Å². The molecule has 4 rings (SSSR count). The highest BCUT2D eigenvalue weighted by Gasteiger charge is 2.21. The summed E-state index contributed by atoms with van der Waals surface area (Å²) in [6.07, 6.45) is 1.67. The third-order valence-electron chi connectivity index (χ3n) is 4.77. The maximum atomic E-state index is 12.2. The fourth-order valence-corrected chi connectivity index (χ4v) is 3.74. The highest BCUT2D eigenvalue weighted by atomic mass is 79.9. The molecule has 7 heteroatoms. The van der Waals surface area contributed by atoms with Gasteiger partial charge in [0.1, 0.15) is 19.8 Å². The third kappa shape index (κ3) is 4.14. The van der Waals surface area contributed by atoms with Gasteiger partial charge in [0, 0.05) is 28.7 Å². The van der Waals surface area contributed by atoms with Crippen LogP contribution in [0.2, 0.25) is 0 Å². The molecule has 6 nitrogen and oxygen atoms in total. The minimum Gasteiger partial charge on any atom is -0.486 e. The monoisotopic (exact) mass is 445 g/mol. The van der Waals surface area contributed by atoms with Gasteiger partial charge < -0.3 is 19.1 Å². The first-order valence-corrected chi connectivity index (χ1v) is 10.0. The fourth-order valence-electron chi connectivity index (χ4n) is 3.31. The Morgan fingerprint density at radius 1 is 1.11 bits per heavy atom. The molecule has 1 fully saturated rings. The van der Waals surface area contributed by atoms with Crippen LogP contribution in [0.15, 0.2) is 40.9 Å². The van der Waals surface area contributed by atoms with Crippen LogP contribution in [0.1, 0.15) is 24.0 Å². The van der Waals surface area contributed by atoms with Crippen LogP contribution in [-0.2, 0) is 27.4 Å². The molecule has 0 spiro atoms. The number of benzene rings is 2. The van der Waals surface area contributed by atoms with Crippen molar-refractivity contribution in [2.24, 2.45) is 0 Å². The van der Waals surface area contributed by atoms with Crippen LogP contribution in [0.25, 0.3) is 0 Å². The van der Waals surface area contributed by atoms with E-state index in [9.17, 15) is 9.59 Å². The molecule has 146 valence electrons. The van der Waals surface area contributed by atoms with Crippen LogP contribution in [0, 0.1) is 0 Å². The quantitative estimate of drug-likeness (QED) is 0.657. The van der Waals surface area contributed by atoms with Crippen LogP contribution >= 0.6 is 15.9 Å². The van der Waals surface area contributed by atoms with Gasteiger partial charge in [0.15, 0.2) is 11.5 Å². The molecule has 2 aliphatic rings. The zero-order chi connectivity index (χ0) is 19.5. The highest BCUT2D eigenvalue weighted by molar-refractivity contribution is 9.10. The van der Waals surface area contributed by atoms with Crippen molar-refractivity contribution in [3.63, 3.8) is 0 Å². The van der Waals surface area contributed by atoms with Gasteiger partial charge in [-0.05, 0) is 36.2 Å². The lowest BCUT2D eigenvalue weighted by Crippen LogP contribution is -2.23. The minimum absolute atomic E-state index is 0.149. The zero-order valence-electron chi connectivity index (χ0n) is 15.3. The van der Waals surface area contributed by atoms with Crippen molar-refractivity contribution in [3.8, 4) is 11.5 Å². The number of carbonyl (C=O) groups excluding carboxylic acids is 2. The van der Waals surface area contributed by atoms with Crippen LogP contribution in [0.4, 0.5) is 5.69 Å². The number of esters is 1. The maximum Gasteiger partial charge on any atom is 0.310 e. The van der Waals surface area contributed by atoms with Gasteiger partial charge in [0.05, 0.1) is 6.42 Å². The Hall–Kier alpha value is -2.54. The molecule has 0 bridgehead atoms. The second-order valence-corrected chi connectivity index (χ2v) is 7.59. The average Bonchev–Trinajstić information content (AvgIpc) is 3.13. The summed E-state index contributed by atoms with van der Waals surface area (Å²) < 4.78 is 17.3. The van der Waals surface area contributed by atoms with Crippen molar-refractivity contribution < 1.29 is 23.8 Å². The van der Waals surface area contributed by atoms with Gasteiger partial charge in [0.2, 0.25) is 5.91 Å². The molecule has 0 N–H and O–H groups in total. The standard InChI is InChI=1S/C21H20BrNO5/c22-17-12-19-18(26-8-9-27-19)11-15(17)13-28-21(25)10-14-3-5-16(6-4-14)23-7-1-2-20(23)24/h3-6,11-12H,1-2,7-10,13H2. The van der Waals surface area contributed by atoms with E-state index in [2.05, 4.69) is 15.9 Å². The Bertz CT molecular complexity index is 896. The lowest BCUT2D eigenvalue weighted by atomic mass is 10.1. The van der Waals surface area contributed by atoms with Gasteiger partial charge in [-0.2, -0.15) is 0 Å². The van der Waals surface area contributed by atoms with Gasteiger partial charge in [-0.25, -0.2) is 0 Å². The summed E-state index contributed by atoms with van der Waals surface area (Å²) in [4.78, 5) is 25.8. The van der Waals surface area contributed by atoms with E-state index >= 15 is 0 Å². The number of nitrogens with zero attached hydrogens (tertiary/aromatic N) is 1. The lowest BCUT2D eigenvalue weighted by molar-refractivity contribution is -0.144. The van der Waals surface area contributed by atoms with Crippen molar-refractivity contribution in [1.29, 1.82) is 0 Å². The molecular weight excluding hydrogens is 426 g/mol. The number of anilines is 1. The van der Waals surface area contributed by atoms with Crippen LogP contribution in [-0.4, -0.2) is 31.6 Å². The summed E-state index contributed by atoms with van der Waals surface area (Å²) >= 11 is 3.48. The van der Waals surface area contributed by atoms with E-state index in [-0.39, 0.29) is 24.9 Å². The van der Waals surface area contributed by atoms with Crippen LogP contribution < -0.4 is 14.4 Å². The second-order valence-electron chi connectivity index (χ2n) is 6.74. The Morgan fingerprint density at radius 3 is 2.50 bits per heavy atom. The Morgan fingerprint density at radius 2 is 1.82 bits per heavy atom. The van der Waals surface area contributed by atoms with E-state index in [1.807, 2.05) is 36.4 Å². The molecule has 1 amide bonds. The minimum atomic E-state index is -0.313. The fraction of sp³-hybridized carbons (Fsp3) is 0.333. The summed E-state index contributed by atoms with van der Waals surface area (Å²) in [7, 11) is 0. The normalized spacial score (nSPS) is 15.6. The number of amides is 1. The number of hydrogen-bond donors (Lipinski definition) is 0. The van der Waals surface area contributed by atoms with E-state index < -0.39 is 0 Å². The van der Waals surface area contributed by atoms with Gasteiger partial charge in [-0.15, -0.1) is 0 Å². The number of carbonyl (C=O) groups is 2. The molecular formula is C21H20BrNO5. The van der Waals surface area contributed by atoms with Gasteiger partial charge >= 0.3 is 5.97 Å². The van der Waals surface area contributed by atoms with Crippen LogP contribution in [0.5, 0.6) is 11.5 Å². The molecule has 2 aromatic carbocycles. The summed E-state index contributed by atoms with van der Waals surface area (Å²) in [5.41, 5.74) is 2.54. The largest absolute Gasteiger partial charge is 0.486 e. The van der Waals surface area contributed by atoms with Crippen molar-refractivity contribution in [2.45, 2.75) is 25.9 Å². The molecule has 0 unspecified atom stereocenters. The Balaban J connectivity index is 1.34. The average molecular weight is 446 g/mol. The Kier molecular flexibility index (Phi) is 5.52. The first kappa shape index (κ1) is 18.8. The Labute approximate surface area is 171 Å². The SMILES string of the molecule is O=C(Cc1ccc(N2CCCC2=O)cc1)OCc1cc2c(cc1Br)OCCO2. The van der Waals surface area contributed by atoms with Gasteiger partial charge in [-0.3, -0.25) is 9.59 Å². The van der Waals surface area contributed by atoms with E-state index in [1.54, 1.807) is 4.90 Å². The van der Waals surface area contributed by atoms with Gasteiger partial charge in [0.25, 0.3) is 0 Å². The summed E-state index contributed by atoms with van der Waals surface area (Å²) in [5.74, 6) is 1.18. The molecule has 1 saturated heterocycles. The first-order valence-electron chi connectivity index (χ1n) is 9.23. The lowest BCUT2D eigenvalue weighted by Gasteiger charge is -2.20. The van der Waals surface area contributed by atoms with E-state index in [1.165, 1.54) is 0 Å². The number of rotatable bonds is 5. The van der Waals surface area contributed by atoms with Gasteiger partial charge in [-0.1, -0.05) is 28.1 Å². The molecule has 0 saturated carbocycles. The summed E-state index contributed by atoms with van der Waals surface area (Å²) in [6, 6.07) is 11.1. The molecule has 28 heavy (non-hydrogen) atoms. The highest BCUT2D eigenvalue weighted by Crippen LogP contribution is 2.35. The summed E-state index contributed by atoms with van der Waals surface area (Å²) in [6.45, 7) is 1.94. The zero-order valence-corrected chi connectivity index (χ0v) is 16.9. The molecule has 0 aromatic heterocycles. The summed E-state index contributed by atoms with van der Waals surface area (Å²) in [5, 5.41) is 0. The molecule has 0 radical (unpaired) electrons. The predicted molar refractivity (Wildman–Crippen MR) is 107 cm³/mol. The number of fused-ring (bicyclic) bond motifs is 1. The molecule has 0 atom stereocenters. The second kappa shape index (κ2) is 8.22. The van der Waals surface area contributed by atoms with E-state index in [0.717, 1.165) is 34.3 Å². The predicted octanol–water partition coefficient (Wildman–Crippen LogP) is 3.63. The van der Waals surface area contributed by atoms with E-state index in [0.29, 0.717) is 31.1 Å². The van der Waals surface area contributed by atoms with Crippen molar-refractivity contribution >= 4 is 33.5 Å². The van der Waals surface area contributed by atoms with Crippen molar-refractivity contribution in [3.05, 3.63) is 52.0 Å². The number of halogens is 1. The number of ether oxygens (including phenoxy) is 3.